The van der Waals surface area contributed by atoms with Gasteiger partial charge in [0.1, 0.15) is 0 Å². The first kappa shape index (κ1) is 34.9. The van der Waals surface area contributed by atoms with Crippen molar-refractivity contribution < 1.29 is 17.4 Å². The number of halogens is 2. The quantitative estimate of drug-likeness (QED) is 0.184. The van der Waals surface area contributed by atoms with Gasteiger partial charge in [-0.15, -0.1) is 24.8 Å². The molecule has 0 radical (unpaired) electrons. The SMILES string of the molecule is CC1=Cc2c(-c3c(C)cc(C)cc3C)cccc2[CH]1[Zr]([CH3])([CH3])(=[SiH2])[CH]1C(C)=Cc2c(-c3c(C)cc(C)cc3C)cccc21.Cl.Cl. The van der Waals surface area contributed by atoms with E-state index in [2.05, 4.69) is 144 Å². The number of fused-ring (bicyclic) bond motifs is 2. The van der Waals surface area contributed by atoms with Crippen LogP contribution in [-0.2, 0) is 17.4 Å². The van der Waals surface area contributed by atoms with Crippen LogP contribution < -0.4 is 0 Å². The Hall–Kier alpha value is -1.96. The maximum Gasteiger partial charge on any atom is -0.147 e. The molecule has 4 aromatic carbocycles. The first-order valence-corrected chi connectivity index (χ1v) is 29.2. The smallest absolute Gasteiger partial charge is 0.147 e. The molecule has 4 heteroatoms. The maximum absolute atomic E-state index is 3.58. The van der Waals surface area contributed by atoms with Crippen LogP contribution in [0.3, 0.4) is 0 Å². The summed E-state index contributed by atoms with van der Waals surface area (Å²) >= 11 is -3.58. The van der Waals surface area contributed by atoms with Gasteiger partial charge in [0.25, 0.3) is 0 Å². The fourth-order valence-corrected chi connectivity index (χ4v) is 30.7. The van der Waals surface area contributed by atoms with Gasteiger partial charge in [-0.3, -0.25) is 0 Å². The molecular formula is C40H48Cl2SiZr. The van der Waals surface area contributed by atoms with Crippen molar-refractivity contribution >= 4 is 43.8 Å². The van der Waals surface area contributed by atoms with E-state index in [1.54, 1.807) is 22.3 Å². The minimum atomic E-state index is -3.58. The Morgan fingerprint density at radius 3 is 1.16 bits per heavy atom. The van der Waals surface area contributed by atoms with Gasteiger partial charge in [-0.05, 0) is 0 Å². The van der Waals surface area contributed by atoms with Crippen molar-refractivity contribution in [3.05, 3.63) is 127 Å². The molecule has 0 N–H and O–H groups in total. The van der Waals surface area contributed by atoms with E-state index in [1.807, 2.05) is 0 Å². The molecule has 6 rings (SSSR count). The van der Waals surface area contributed by atoms with Gasteiger partial charge in [0.2, 0.25) is 0 Å². The number of allylic oxidation sites excluding steroid dienone is 2. The summed E-state index contributed by atoms with van der Waals surface area (Å²) < 4.78 is 6.55. The van der Waals surface area contributed by atoms with Crippen molar-refractivity contribution in [3.63, 3.8) is 0 Å². The van der Waals surface area contributed by atoms with Crippen LogP contribution in [0.5, 0.6) is 0 Å². The zero-order valence-electron chi connectivity index (χ0n) is 28.1. The van der Waals surface area contributed by atoms with E-state index >= 15 is 0 Å². The molecule has 44 heavy (non-hydrogen) atoms. The van der Waals surface area contributed by atoms with Crippen molar-refractivity contribution in [2.24, 2.45) is 0 Å². The second-order valence-corrected chi connectivity index (χ2v) is 45.2. The third kappa shape index (κ3) is 5.43. The third-order valence-corrected chi connectivity index (χ3v) is 28.3. The van der Waals surface area contributed by atoms with Gasteiger partial charge in [0.05, 0.1) is 0 Å². The Kier molecular flexibility index (Phi) is 9.52. The van der Waals surface area contributed by atoms with Crippen molar-refractivity contribution in [2.45, 2.75) is 71.9 Å². The van der Waals surface area contributed by atoms with Crippen LogP contribution in [-0.4, -0.2) is 6.88 Å². The van der Waals surface area contributed by atoms with E-state index in [-0.39, 0.29) is 24.8 Å². The van der Waals surface area contributed by atoms with Gasteiger partial charge in [0, 0.05) is 0 Å². The van der Waals surface area contributed by atoms with Crippen LogP contribution in [0.1, 0.15) is 76.7 Å². The molecule has 0 heterocycles. The van der Waals surface area contributed by atoms with Crippen LogP contribution >= 0.6 is 24.8 Å². The molecule has 230 valence electrons. The summed E-state index contributed by atoms with van der Waals surface area (Å²) in [5.74, 6) is 0. The molecule has 0 nitrogen and oxygen atoms in total. The van der Waals surface area contributed by atoms with Gasteiger partial charge in [-0.1, -0.05) is 0 Å². The molecule has 2 atom stereocenters. The minimum absolute atomic E-state index is 0. The second-order valence-electron chi connectivity index (χ2n) is 14.7. The largest absolute Gasteiger partial charge is 0.147 e. The molecule has 0 spiro atoms. The van der Waals surface area contributed by atoms with E-state index < -0.39 is 17.4 Å². The molecule has 2 unspecified atom stereocenters. The van der Waals surface area contributed by atoms with Crippen molar-refractivity contribution in [2.75, 3.05) is 0 Å². The molecule has 0 amide bonds. The zero-order chi connectivity index (χ0) is 30.3. The Bertz CT molecular complexity index is 1770. The van der Waals surface area contributed by atoms with Crippen LogP contribution in [0.15, 0.2) is 71.8 Å². The fourth-order valence-electron chi connectivity index (χ4n) is 9.43. The predicted molar refractivity (Wildman–Crippen MR) is 200 cm³/mol. The standard InChI is InChI=1S/2C19H19.2CH3.2ClH.H2Si.Zr/c2*1-12-8-14(3)19(15(4)9-12)17-7-5-6-16-10-13(2)11-18(16)17;;;;;;/h2*5-11H,1-4H3;2*1H3;2*1H;1H2;. The fraction of sp³-hybridized carbons (Fsp3) is 0.300. The van der Waals surface area contributed by atoms with E-state index in [4.69, 9.17) is 0 Å². The molecule has 0 aliphatic heterocycles. The average Bonchev–Trinajstić information content (AvgIpc) is 3.40. The van der Waals surface area contributed by atoms with Crippen LogP contribution in [0.2, 0.25) is 9.26 Å². The molecule has 2 aliphatic rings. The monoisotopic (exact) mass is 716 g/mol. The Balaban J connectivity index is 0.00000221. The third-order valence-electron chi connectivity index (χ3n) is 10.3. The molecule has 0 saturated heterocycles. The molecule has 2 aliphatic carbocycles. The summed E-state index contributed by atoms with van der Waals surface area (Å²) in [6.07, 6.45) is 5.10. The van der Waals surface area contributed by atoms with Crippen molar-refractivity contribution in [1.82, 2.24) is 0 Å². The zero-order valence-corrected chi connectivity index (χ0v) is 33.6. The molecule has 4 aromatic rings. The van der Waals surface area contributed by atoms with Crippen LogP contribution in [0, 0.1) is 41.5 Å². The normalized spacial score (nSPS) is 17.2. The topological polar surface area (TPSA) is 0 Å². The Labute approximate surface area is 280 Å². The van der Waals surface area contributed by atoms with Gasteiger partial charge in [0.15, 0.2) is 0 Å². The average molecular weight is 719 g/mol. The summed E-state index contributed by atoms with van der Waals surface area (Å²) in [7, 11) is 0. The summed E-state index contributed by atoms with van der Waals surface area (Å²) in [6, 6.07) is 23.6. The number of rotatable bonds is 4. The minimum Gasteiger partial charge on any atom is -0.147 e. The maximum atomic E-state index is 2.75. The van der Waals surface area contributed by atoms with Gasteiger partial charge in [-0.25, -0.2) is 0 Å². The number of hydrogen-bond acceptors (Lipinski definition) is 0. The molecule has 0 aromatic heterocycles. The summed E-state index contributed by atoms with van der Waals surface area (Å²) in [5, 5.41) is 0. The van der Waals surface area contributed by atoms with E-state index in [0.29, 0.717) is 7.25 Å². The van der Waals surface area contributed by atoms with E-state index in [0.717, 1.165) is 0 Å². The van der Waals surface area contributed by atoms with E-state index in [1.165, 1.54) is 66.8 Å². The van der Waals surface area contributed by atoms with Crippen molar-refractivity contribution in [1.29, 1.82) is 0 Å². The van der Waals surface area contributed by atoms with Crippen molar-refractivity contribution in [3.8, 4) is 22.3 Å². The summed E-state index contributed by atoms with van der Waals surface area (Å²) in [5.41, 5.74) is 23.0. The predicted octanol–water partition coefficient (Wildman–Crippen LogP) is 11.7. The summed E-state index contributed by atoms with van der Waals surface area (Å²) in [4.78, 5) is 0. The Morgan fingerprint density at radius 2 is 0.841 bits per heavy atom. The number of aryl methyl sites for hydroxylation is 6. The molecule has 0 saturated carbocycles. The molecular weight excluding hydrogens is 671 g/mol. The summed E-state index contributed by atoms with van der Waals surface area (Å²) in [6.45, 7) is 20.8. The van der Waals surface area contributed by atoms with Gasteiger partial charge in [-0.2, -0.15) is 0 Å². The first-order chi connectivity index (χ1) is 19.7. The van der Waals surface area contributed by atoms with Crippen LogP contribution in [0.4, 0.5) is 0 Å². The van der Waals surface area contributed by atoms with Gasteiger partial charge < -0.3 is 0 Å². The first-order valence-electron chi connectivity index (χ1n) is 15.5. The molecule has 0 bridgehead atoms. The second kappa shape index (κ2) is 12.0. The molecule has 0 fully saturated rings. The Morgan fingerprint density at radius 1 is 0.523 bits per heavy atom. The number of benzene rings is 4. The van der Waals surface area contributed by atoms with Crippen LogP contribution in [0.25, 0.3) is 34.4 Å². The number of hydrogen-bond donors (Lipinski definition) is 0. The van der Waals surface area contributed by atoms with Gasteiger partial charge >= 0.3 is 258 Å². The van der Waals surface area contributed by atoms with E-state index in [9.17, 15) is 0 Å².